The summed E-state index contributed by atoms with van der Waals surface area (Å²) in [6.07, 6.45) is -0.0748. The van der Waals surface area contributed by atoms with E-state index in [1.807, 2.05) is 36.4 Å². The van der Waals surface area contributed by atoms with Crippen LogP contribution in [-0.2, 0) is 14.3 Å². The van der Waals surface area contributed by atoms with Gasteiger partial charge in [-0.1, -0.05) is 41.9 Å². The number of esters is 1. The number of nitrogens with one attached hydrogen (secondary N) is 2. The SMILES string of the molecule is CCOC(=O)CCCNC(=S)NC1N=C(c2ccccc2)c2cc(Cl)ccc2N(C)C1=O. The van der Waals surface area contributed by atoms with Gasteiger partial charge >= 0.3 is 5.97 Å². The summed E-state index contributed by atoms with van der Waals surface area (Å²) in [5.74, 6) is -0.502. The van der Waals surface area contributed by atoms with Crippen LogP contribution in [0.25, 0.3) is 0 Å². The Kier molecular flexibility index (Phi) is 8.19. The Labute approximate surface area is 197 Å². The normalized spacial score (nSPS) is 15.3. The molecule has 0 aliphatic carbocycles. The van der Waals surface area contributed by atoms with Crippen LogP contribution in [0.2, 0.25) is 5.02 Å². The number of aliphatic imine (C=N–C) groups is 1. The number of nitrogens with zero attached hydrogens (tertiary/aromatic N) is 2. The van der Waals surface area contributed by atoms with E-state index in [0.29, 0.717) is 42.4 Å². The minimum atomic E-state index is -0.925. The first-order chi connectivity index (χ1) is 15.4. The highest BCUT2D eigenvalue weighted by Crippen LogP contribution is 2.29. The summed E-state index contributed by atoms with van der Waals surface area (Å²) in [6, 6.07) is 15.0. The number of ether oxygens (including phenoxy) is 1. The fourth-order valence-electron chi connectivity index (χ4n) is 3.31. The Morgan fingerprint density at radius 1 is 1.25 bits per heavy atom. The van der Waals surface area contributed by atoms with Crippen molar-refractivity contribution in [3.05, 3.63) is 64.7 Å². The van der Waals surface area contributed by atoms with Gasteiger partial charge in [0.15, 0.2) is 5.11 Å². The summed E-state index contributed by atoms with van der Waals surface area (Å²) >= 11 is 11.6. The lowest BCUT2D eigenvalue weighted by Gasteiger charge is -2.22. The maximum atomic E-state index is 13.2. The summed E-state index contributed by atoms with van der Waals surface area (Å²) in [4.78, 5) is 30.9. The van der Waals surface area contributed by atoms with E-state index < -0.39 is 6.17 Å². The molecule has 9 heteroatoms. The van der Waals surface area contributed by atoms with E-state index in [4.69, 9.17) is 33.5 Å². The molecule has 1 aliphatic heterocycles. The molecule has 0 fully saturated rings. The average Bonchev–Trinajstić information content (AvgIpc) is 2.88. The molecule has 1 amide bonds. The molecule has 1 unspecified atom stereocenters. The summed E-state index contributed by atoms with van der Waals surface area (Å²) < 4.78 is 4.91. The number of carbonyl (C=O) groups is 2. The number of benzodiazepines with no additional fused rings is 1. The molecule has 0 saturated heterocycles. The van der Waals surface area contributed by atoms with Crippen LogP contribution in [0.4, 0.5) is 5.69 Å². The monoisotopic (exact) mass is 472 g/mol. The second-order valence-electron chi connectivity index (χ2n) is 7.11. The third kappa shape index (κ3) is 5.83. The van der Waals surface area contributed by atoms with E-state index in [0.717, 1.165) is 11.1 Å². The van der Waals surface area contributed by atoms with E-state index in [9.17, 15) is 9.59 Å². The van der Waals surface area contributed by atoms with Crippen molar-refractivity contribution in [1.82, 2.24) is 10.6 Å². The van der Waals surface area contributed by atoms with Gasteiger partial charge in [0.25, 0.3) is 5.91 Å². The molecular weight excluding hydrogens is 448 g/mol. The predicted octanol–water partition coefficient (Wildman–Crippen LogP) is 3.29. The molecule has 168 valence electrons. The number of benzene rings is 2. The quantitative estimate of drug-likeness (QED) is 0.365. The smallest absolute Gasteiger partial charge is 0.305 e. The van der Waals surface area contributed by atoms with E-state index in [1.54, 1.807) is 31.0 Å². The number of anilines is 1. The number of likely N-dealkylation sites (N-methyl/N-ethyl adjacent to an activating group) is 1. The van der Waals surface area contributed by atoms with Gasteiger partial charge in [0.1, 0.15) is 0 Å². The summed E-state index contributed by atoms with van der Waals surface area (Å²) in [5.41, 5.74) is 2.97. The molecule has 0 bridgehead atoms. The van der Waals surface area contributed by atoms with Crippen LogP contribution in [0.5, 0.6) is 0 Å². The van der Waals surface area contributed by atoms with E-state index in [2.05, 4.69) is 10.6 Å². The lowest BCUT2D eigenvalue weighted by atomic mass is 10.0. The van der Waals surface area contributed by atoms with Crippen LogP contribution in [0, 0.1) is 0 Å². The van der Waals surface area contributed by atoms with Crippen LogP contribution in [0.3, 0.4) is 0 Å². The zero-order chi connectivity index (χ0) is 23.1. The Morgan fingerprint density at radius 2 is 2.00 bits per heavy atom. The number of thiocarbonyl (C=S) groups is 1. The van der Waals surface area contributed by atoms with Gasteiger partial charge in [-0.05, 0) is 43.8 Å². The molecule has 3 rings (SSSR count). The Hall–Kier alpha value is -2.97. The molecule has 0 saturated carbocycles. The molecule has 1 aliphatic rings. The van der Waals surface area contributed by atoms with Gasteiger partial charge in [-0.15, -0.1) is 0 Å². The van der Waals surface area contributed by atoms with Gasteiger partial charge in [-0.2, -0.15) is 0 Å². The highest BCUT2D eigenvalue weighted by Gasteiger charge is 2.30. The van der Waals surface area contributed by atoms with Gasteiger partial charge in [0.2, 0.25) is 6.17 Å². The number of carbonyl (C=O) groups excluding carboxylic acids is 2. The summed E-state index contributed by atoms with van der Waals surface area (Å²) in [6.45, 7) is 2.60. The molecule has 0 aromatic heterocycles. The van der Waals surface area contributed by atoms with Crippen LogP contribution in [-0.4, -0.2) is 49.1 Å². The molecule has 7 nitrogen and oxygen atoms in total. The largest absolute Gasteiger partial charge is 0.466 e. The van der Waals surface area contributed by atoms with E-state index in [-0.39, 0.29) is 17.0 Å². The highest BCUT2D eigenvalue weighted by molar-refractivity contribution is 7.80. The number of rotatable bonds is 7. The van der Waals surface area contributed by atoms with Crippen molar-refractivity contribution >= 4 is 52.2 Å². The van der Waals surface area contributed by atoms with Crippen LogP contribution in [0.1, 0.15) is 30.9 Å². The lowest BCUT2D eigenvalue weighted by molar-refractivity contribution is -0.143. The van der Waals surface area contributed by atoms with Crippen molar-refractivity contribution in [3.8, 4) is 0 Å². The predicted molar refractivity (Wildman–Crippen MR) is 130 cm³/mol. The fraction of sp³-hybridized carbons (Fsp3) is 0.304. The minimum Gasteiger partial charge on any atom is -0.466 e. The zero-order valence-electron chi connectivity index (χ0n) is 17.9. The summed E-state index contributed by atoms with van der Waals surface area (Å²) in [7, 11) is 1.70. The fourth-order valence-corrected chi connectivity index (χ4v) is 3.70. The molecule has 2 aromatic rings. The first-order valence-electron chi connectivity index (χ1n) is 10.3. The van der Waals surface area contributed by atoms with Crippen molar-refractivity contribution in [2.75, 3.05) is 25.1 Å². The lowest BCUT2D eigenvalue weighted by Crippen LogP contribution is -2.49. The molecule has 1 heterocycles. The van der Waals surface area contributed by atoms with Crippen LogP contribution in [0.15, 0.2) is 53.5 Å². The molecule has 0 spiro atoms. The molecular formula is C23H25ClN4O3S. The number of amides is 1. The number of fused-ring (bicyclic) bond motifs is 1. The van der Waals surface area contributed by atoms with Crippen molar-refractivity contribution < 1.29 is 14.3 Å². The van der Waals surface area contributed by atoms with E-state index in [1.165, 1.54) is 0 Å². The number of hydrogen-bond acceptors (Lipinski definition) is 5. The molecule has 32 heavy (non-hydrogen) atoms. The highest BCUT2D eigenvalue weighted by atomic mass is 35.5. The second-order valence-corrected chi connectivity index (χ2v) is 7.96. The number of hydrogen-bond donors (Lipinski definition) is 2. The Morgan fingerprint density at radius 3 is 2.72 bits per heavy atom. The van der Waals surface area contributed by atoms with Crippen molar-refractivity contribution in [3.63, 3.8) is 0 Å². The number of halogens is 1. The van der Waals surface area contributed by atoms with Crippen LogP contribution < -0.4 is 15.5 Å². The van der Waals surface area contributed by atoms with Gasteiger partial charge in [-0.3, -0.25) is 9.59 Å². The maximum absolute atomic E-state index is 13.2. The van der Waals surface area contributed by atoms with Crippen LogP contribution >= 0.6 is 23.8 Å². The van der Waals surface area contributed by atoms with Gasteiger partial charge in [0.05, 0.1) is 18.0 Å². The molecule has 1 atom stereocenters. The minimum absolute atomic E-state index is 0.248. The molecule has 0 radical (unpaired) electrons. The standard InChI is InChI=1S/C23H25ClN4O3S/c1-3-31-19(29)10-7-13-25-23(32)27-21-22(30)28(2)18-12-11-16(24)14-17(18)20(26-21)15-8-5-4-6-9-15/h4-6,8-9,11-12,14,21H,3,7,10,13H2,1-2H3,(H2,25,27,32). The third-order valence-electron chi connectivity index (χ3n) is 4.86. The Bertz CT molecular complexity index is 1030. The van der Waals surface area contributed by atoms with E-state index >= 15 is 0 Å². The third-order valence-corrected chi connectivity index (χ3v) is 5.36. The van der Waals surface area contributed by atoms with Crippen molar-refractivity contribution in [1.29, 1.82) is 0 Å². The molecule has 2 N–H and O–H groups in total. The van der Waals surface area contributed by atoms with Gasteiger partial charge < -0.3 is 20.3 Å². The summed E-state index contributed by atoms with van der Waals surface area (Å²) in [5, 5.41) is 6.85. The maximum Gasteiger partial charge on any atom is 0.305 e. The zero-order valence-corrected chi connectivity index (χ0v) is 19.5. The van der Waals surface area contributed by atoms with Crippen molar-refractivity contribution in [2.45, 2.75) is 25.9 Å². The Balaban J connectivity index is 1.80. The average molecular weight is 473 g/mol. The topological polar surface area (TPSA) is 83.0 Å². The second kappa shape index (κ2) is 11.1. The first-order valence-corrected chi connectivity index (χ1v) is 11.1. The molecule has 2 aromatic carbocycles. The van der Waals surface area contributed by atoms with Gasteiger partial charge in [-0.25, -0.2) is 4.99 Å². The van der Waals surface area contributed by atoms with Gasteiger partial charge in [0, 0.05) is 36.2 Å². The van der Waals surface area contributed by atoms with Crippen molar-refractivity contribution in [2.24, 2.45) is 4.99 Å². The first kappa shape index (κ1) is 23.7.